The van der Waals surface area contributed by atoms with Gasteiger partial charge in [0.2, 0.25) is 0 Å². The first-order valence-corrected chi connectivity index (χ1v) is 9.34. The molecule has 0 saturated carbocycles. The Kier molecular flexibility index (Phi) is 5.65. The largest absolute Gasteiger partial charge is 0.416 e. The number of alkyl halides is 3. The van der Waals surface area contributed by atoms with Crippen LogP contribution < -0.4 is 16.0 Å². The van der Waals surface area contributed by atoms with Gasteiger partial charge in [0, 0.05) is 16.8 Å². The summed E-state index contributed by atoms with van der Waals surface area (Å²) in [5.41, 5.74) is -0.520. The van der Waals surface area contributed by atoms with Gasteiger partial charge in [-0.1, -0.05) is 6.07 Å². The molecule has 8 nitrogen and oxygen atoms in total. The summed E-state index contributed by atoms with van der Waals surface area (Å²) in [4.78, 5) is 28.8. The van der Waals surface area contributed by atoms with Crippen molar-refractivity contribution in [1.29, 1.82) is 0 Å². The van der Waals surface area contributed by atoms with E-state index in [0.29, 0.717) is 16.7 Å². The van der Waals surface area contributed by atoms with Crippen LogP contribution in [0.4, 0.5) is 39.4 Å². The Balaban J connectivity index is 1.46. The van der Waals surface area contributed by atoms with Gasteiger partial charge in [0.15, 0.2) is 5.65 Å². The van der Waals surface area contributed by atoms with Gasteiger partial charge in [-0.25, -0.2) is 14.2 Å². The van der Waals surface area contributed by atoms with Crippen LogP contribution in [0, 0.1) is 5.82 Å². The molecule has 168 valence electrons. The van der Waals surface area contributed by atoms with E-state index in [1.54, 1.807) is 6.07 Å². The normalized spacial score (nSPS) is 11.3. The average Bonchev–Trinajstić information content (AvgIpc) is 3.22. The standard InChI is InChI=1S/C21H14F4N6O2/c22-17-5-4-14(30-20(33)29-13-3-1-2-12(7-13)21(23,24)25)8-16(17)19(32)28-15-6-11-9-27-31-18(11)26-10-15/h1-10H,(H,28,32)(H,26,27,31)(H2,29,30,33). The molecule has 0 aliphatic carbocycles. The first kappa shape index (κ1) is 21.7. The molecule has 0 aliphatic rings. The number of nitrogens with one attached hydrogen (secondary N) is 4. The Morgan fingerprint density at radius 3 is 2.39 bits per heavy atom. The highest BCUT2D eigenvalue weighted by Gasteiger charge is 2.30. The second-order valence-electron chi connectivity index (χ2n) is 6.84. The number of nitrogens with zero attached hydrogens (tertiary/aromatic N) is 2. The molecule has 2 heterocycles. The first-order valence-electron chi connectivity index (χ1n) is 9.34. The van der Waals surface area contributed by atoms with Crippen LogP contribution in [0.25, 0.3) is 11.0 Å². The molecule has 0 bridgehead atoms. The van der Waals surface area contributed by atoms with Gasteiger partial charge in [-0.15, -0.1) is 0 Å². The van der Waals surface area contributed by atoms with Gasteiger partial charge < -0.3 is 16.0 Å². The smallest absolute Gasteiger partial charge is 0.320 e. The van der Waals surface area contributed by atoms with E-state index in [1.807, 2.05) is 0 Å². The van der Waals surface area contributed by atoms with Crippen molar-refractivity contribution in [3.05, 3.63) is 77.9 Å². The Morgan fingerprint density at radius 2 is 1.64 bits per heavy atom. The van der Waals surface area contributed by atoms with E-state index in [-0.39, 0.29) is 16.9 Å². The summed E-state index contributed by atoms with van der Waals surface area (Å²) in [6.07, 6.45) is -1.70. The van der Waals surface area contributed by atoms with Gasteiger partial charge in [-0.2, -0.15) is 18.3 Å². The molecule has 0 radical (unpaired) electrons. The number of H-pyrrole nitrogens is 1. The van der Waals surface area contributed by atoms with Crippen molar-refractivity contribution in [2.75, 3.05) is 16.0 Å². The van der Waals surface area contributed by atoms with Crippen LogP contribution in [-0.4, -0.2) is 27.1 Å². The van der Waals surface area contributed by atoms with Crippen molar-refractivity contribution in [3.63, 3.8) is 0 Å². The molecule has 33 heavy (non-hydrogen) atoms. The van der Waals surface area contributed by atoms with E-state index in [0.717, 1.165) is 30.3 Å². The molecule has 0 spiro atoms. The third kappa shape index (κ3) is 5.06. The molecule has 2 aromatic carbocycles. The number of anilines is 3. The molecule has 2 aromatic heterocycles. The van der Waals surface area contributed by atoms with Gasteiger partial charge in [0.05, 0.1) is 29.2 Å². The number of urea groups is 1. The van der Waals surface area contributed by atoms with Gasteiger partial charge in [-0.3, -0.25) is 9.89 Å². The molecular formula is C21H14F4N6O2. The average molecular weight is 458 g/mol. The number of amides is 3. The van der Waals surface area contributed by atoms with Crippen LogP contribution in [0.3, 0.4) is 0 Å². The van der Waals surface area contributed by atoms with Crippen molar-refractivity contribution in [2.24, 2.45) is 0 Å². The maximum absolute atomic E-state index is 14.2. The number of carbonyl (C=O) groups is 2. The maximum Gasteiger partial charge on any atom is 0.416 e. The van der Waals surface area contributed by atoms with Crippen molar-refractivity contribution in [2.45, 2.75) is 6.18 Å². The fraction of sp³-hybridized carbons (Fsp3) is 0.0476. The van der Waals surface area contributed by atoms with Gasteiger partial charge in [-0.05, 0) is 42.5 Å². The molecule has 3 amide bonds. The number of fused-ring (bicyclic) bond motifs is 1. The molecule has 4 rings (SSSR count). The number of benzene rings is 2. The van der Waals surface area contributed by atoms with Crippen molar-refractivity contribution in [1.82, 2.24) is 15.2 Å². The number of halogens is 4. The molecule has 4 aromatic rings. The van der Waals surface area contributed by atoms with Gasteiger partial charge >= 0.3 is 12.2 Å². The number of aromatic nitrogens is 3. The SMILES string of the molecule is O=C(Nc1cccc(C(F)(F)F)c1)Nc1ccc(F)c(C(=O)Nc2cnc3[nH]ncc3c2)c1. The van der Waals surface area contributed by atoms with Crippen LogP contribution in [0.15, 0.2) is 60.9 Å². The monoisotopic (exact) mass is 458 g/mol. The summed E-state index contributed by atoms with van der Waals surface area (Å²) in [6, 6.07) is 8.07. The van der Waals surface area contributed by atoms with Gasteiger partial charge in [0.25, 0.3) is 5.91 Å². The van der Waals surface area contributed by atoms with Crippen LogP contribution in [-0.2, 0) is 6.18 Å². The van der Waals surface area contributed by atoms with Crippen LogP contribution in [0.5, 0.6) is 0 Å². The molecule has 0 atom stereocenters. The van der Waals surface area contributed by atoms with Crippen molar-refractivity contribution >= 4 is 40.0 Å². The molecule has 0 unspecified atom stereocenters. The molecule has 4 N–H and O–H groups in total. The summed E-state index contributed by atoms with van der Waals surface area (Å²) in [5.74, 6) is -1.63. The lowest BCUT2D eigenvalue weighted by Gasteiger charge is -2.12. The third-order valence-electron chi connectivity index (χ3n) is 4.47. The molecule has 12 heteroatoms. The Morgan fingerprint density at radius 1 is 0.879 bits per heavy atom. The van der Waals surface area contributed by atoms with Crippen molar-refractivity contribution in [3.8, 4) is 0 Å². The maximum atomic E-state index is 14.2. The number of rotatable bonds is 4. The summed E-state index contributed by atoms with van der Waals surface area (Å²) in [7, 11) is 0. The minimum absolute atomic E-state index is 0.0504. The second-order valence-corrected chi connectivity index (χ2v) is 6.84. The zero-order valence-electron chi connectivity index (χ0n) is 16.5. The minimum Gasteiger partial charge on any atom is -0.320 e. The Bertz CT molecular complexity index is 1350. The molecule has 0 saturated heterocycles. The highest BCUT2D eigenvalue weighted by Crippen LogP contribution is 2.30. The van der Waals surface area contributed by atoms with E-state index in [4.69, 9.17) is 0 Å². The lowest BCUT2D eigenvalue weighted by atomic mass is 10.1. The number of pyridine rings is 1. The summed E-state index contributed by atoms with van der Waals surface area (Å²) in [6.45, 7) is 0. The highest BCUT2D eigenvalue weighted by molar-refractivity contribution is 6.06. The number of carbonyl (C=O) groups excluding carboxylic acids is 2. The topological polar surface area (TPSA) is 112 Å². The Labute approximate surface area is 183 Å². The minimum atomic E-state index is -4.56. The van der Waals surface area contributed by atoms with Crippen LogP contribution in [0.1, 0.15) is 15.9 Å². The summed E-state index contributed by atoms with van der Waals surface area (Å²) in [5, 5.41) is 14.2. The second kappa shape index (κ2) is 8.57. The number of hydrogen-bond acceptors (Lipinski definition) is 4. The lowest BCUT2D eigenvalue weighted by Crippen LogP contribution is -2.21. The lowest BCUT2D eigenvalue weighted by molar-refractivity contribution is -0.137. The first-order chi connectivity index (χ1) is 15.7. The zero-order valence-corrected chi connectivity index (χ0v) is 16.5. The van der Waals surface area contributed by atoms with E-state index >= 15 is 0 Å². The van der Waals surface area contributed by atoms with E-state index in [9.17, 15) is 27.2 Å². The quantitative estimate of drug-likeness (QED) is 0.322. The van der Waals surface area contributed by atoms with E-state index < -0.39 is 29.5 Å². The fourth-order valence-electron chi connectivity index (χ4n) is 2.95. The third-order valence-corrected chi connectivity index (χ3v) is 4.47. The molecule has 0 fully saturated rings. The van der Waals surface area contributed by atoms with Crippen LogP contribution >= 0.6 is 0 Å². The molecular weight excluding hydrogens is 444 g/mol. The zero-order chi connectivity index (χ0) is 23.6. The highest BCUT2D eigenvalue weighted by atomic mass is 19.4. The predicted octanol–water partition coefficient (Wildman–Crippen LogP) is 5.01. The van der Waals surface area contributed by atoms with Gasteiger partial charge in [0.1, 0.15) is 5.82 Å². The fourth-order valence-corrected chi connectivity index (χ4v) is 2.95. The van der Waals surface area contributed by atoms with Crippen LogP contribution in [0.2, 0.25) is 0 Å². The Hall–Kier alpha value is -4.48. The van der Waals surface area contributed by atoms with Crippen molar-refractivity contribution < 1.29 is 27.2 Å². The number of hydrogen-bond donors (Lipinski definition) is 4. The summed E-state index contributed by atoms with van der Waals surface area (Å²) >= 11 is 0. The van der Waals surface area contributed by atoms with E-state index in [1.165, 1.54) is 24.5 Å². The molecule has 0 aliphatic heterocycles. The van der Waals surface area contributed by atoms with E-state index in [2.05, 4.69) is 31.1 Å². The number of aromatic amines is 1. The predicted molar refractivity (Wildman–Crippen MR) is 112 cm³/mol. The summed E-state index contributed by atoms with van der Waals surface area (Å²) < 4.78 is 52.7.